The van der Waals surface area contributed by atoms with Crippen molar-refractivity contribution in [3.63, 3.8) is 0 Å². The fourth-order valence-corrected chi connectivity index (χ4v) is 2.60. The Bertz CT molecular complexity index is 946. The minimum Gasteiger partial charge on any atom is -0.481 e. The zero-order valence-corrected chi connectivity index (χ0v) is 13.1. The summed E-state index contributed by atoms with van der Waals surface area (Å²) in [5.41, 5.74) is 1.60. The highest BCUT2D eigenvalue weighted by Crippen LogP contribution is 2.39. The Balaban J connectivity index is 2.10. The summed E-state index contributed by atoms with van der Waals surface area (Å²) >= 11 is 6.18. The number of aromatic nitrogens is 2. The van der Waals surface area contributed by atoms with Gasteiger partial charge in [0.05, 0.1) is 16.1 Å². The standard InChI is InChI=1S/C16H12ClF3N2O2/c1-8(16(18,19)20)24-13-4-2-3-10(17)14(13)9-5-6-11-12(7-9)22-15(23)21-11/h2-8H,1H3,(H2,21,22,23)/t8-/m0/s1. The molecule has 3 rings (SSSR count). The Hall–Kier alpha value is -2.41. The van der Waals surface area contributed by atoms with Crippen LogP contribution in [0.5, 0.6) is 5.75 Å². The Kier molecular flexibility index (Phi) is 4.04. The van der Waals surface area contributed by atoms with E-state index in [1.54, 1.807) is 24.3 Å². The van der Waals surface area contributed by atoms with E-state index < -0.39 is 12.3 Å². The first-order valence-corrected chi connectivity index (χ1v) is 7.38. The van der Waals surface area contributed by atoms with Gasteiger partial charge in [-0.1, -0.05) is 23.7 Å². The number of alkyl halides is 3. The van der Waals surface area contributed by atoms with E-state index in [0.717, 1.165) is 6.92 Å². The number of imidazole rings is 1. The molecule has 0 saturated carbocycles. The van der Waals surface area contributed by atoms with E-state index in [2.05, 4.69) is 9.97 Å². The zero-order chi connectivity index (χ0) is 17.5. The Morgan fingerprint density at radius 2 is 1.83 bits per heavy atom. The molecule has 3 aromatic rings. The monoisotopic (exact) mass is 356 g/mol. The van der Waals surface area contributed by atoms with Crippen molar-refractivity contribution in [1.82, 2.24) is 9.97 Å². The van der Waals surface area contributed by atoms with Crippen LogP contribution >= 0.6 is 11.6 Å². The number of hydrogen-bond acceptors (Lipinski definition) is 2. The fourth-order valence-electron chi connectivity index (χ4n) is 2.33. The zero-order valence-electron chi connectivity index (χ0n) is 12.4. The molecule has 1 heterocycles. The molecule has 0 aliphatic carbocycles. The molecular formula is C16H12ClF3N2O2. The van der Waals surface area contributed by atoms with Crippen molar-refractivity contribution in [2.75, 3.05) is 0 Å². The van der Waals surface area contributed by atoms with Gasteiger partial charge in [-0.15, -0.1) is 0 Å². The molecule has 0 aliphatic rings. The van der Waals surface area contributed by atoms with E-state index in [1.165, 1.54) is 12.1 Å². The second-order valence-electron chi connectivity index (χ2n) is 5.25. The predicted molar refractivity (Wildman–Crippen MR) is 85.5 cm³/mol. The van der Waals surface area contributed by atoms with E-state index in [1.807, 2.05) is 0 Å². The van der Waals surface area contributed by atoms with Crippen LogP contribution in [0.4, 0.5) is 13.2 Å². The molecule has 0 unspecified atom stereocenters. The lowest BCUT2D eigenvalue weighted by Crippen LogP contribution is -2.31. The number of benzene rings is 2. The second kappa shape index (κ2) is 5.90. The molecule has 0 fully saturated rings. The van der Waals surface area contributed by atoms with Crippen molar-refractivity contribution in [2.24, 2.45) is 0 Å². The molecule has 0 spiro atoms. The van der Waals surface area contributed by atoms with E-state index in [0.29, 0.717) is 22.2 Å². The van der Waals surface area contributed by atoms with Crippen molar-refractivity contribution in [1.29, 1.82) is 0 Å². The van der Waals surface area contributed by atoms with Crippen LogP contribution in [0.2, 0.25) is 5.02 Å². The maximum atomic E-state index is 12.8. The van der Waals surface area contributed by atoms with Crippen molar-refractivity contribution in [3.8, 4) is 16.9 Å². The van der Waals surface area contributed by atoms with Gasteiger partial charge < -0.3 is 14.7 Å². The number of ether oxygens (including phenoxy) is 1. The second-order valence-corrected chi connectivity index (χ2v) is 5.66. The molecule has 0 bridgehead atoms. The van der Waals surface area contributed by atoms with E-state index in [9.17, 15) is 18.0 Å². The number of H-pyrrole nitrogens is 2. The van der Waals surface area contributed by atoms with Gasteiger partial charge in [0.15, 0.2) is 6.10 Å². The lowest BCUT2D eigenvalue weighted by Gasteiger charge is -2.20. The predicted octanol–water partition coefficient (Wildman–Crippen LogP) is 4.51. The first kappa shape index (κ1) is 16.4. The van der Waals surface area contributed by atoms with Crippen molar-refractivity contribution in [3.05, 3.63) is 51.9 Å². The minimum atomic E-state index is -4.49. The maximum absolute atomic E-state index is 12.8. The first-order chi connectivity index (χ1) is 11.3. The molecule has 0 aliphatic heterocycles. The summed E-state index contributed by atoms with van der Waals surface area (Å²) < 4.78 is 43.4. The van der Waals surface area contributed by atoms with Gasteiger partial charge in [0.1, 0.15) is 5.75 Å². The molecule has 2 aromatic carbocycles. The van der Waals surface area contributed by atoms with Crippen LogP contribution in [0.25, 0.3) is 22.2 Å². The van der Waals surface area contributed by atoms with Crippen molar-refractivity contribution < 1.29 is 17.9 Å². The van der Waals surface area contributed by atoms with E-state index in [4.69, 9.17) is 16.3 Å². The van der Waals surface area contributed by atoms with Gasteiger partial charge in [-0.05, 0) is 36.8 Å². The Morgan fingerprint density at radius 1 is 1.12 bits per heavy atom. The first-order valence-electron chi connectivity index (χ1n) is 7.00. The lowest BCUT2D eigenvalue weighted by molar-refractivity contribution is -0.189. The summed E-state index contributed by atoms with van der Waals surface area (Å²) in [5, 5.41) is 0.249. The highest BCUT2D eigenvalue weighted by atomic mass is 35.5. The average molecular weight is 357 g/mol. The van der Waals surface area contributed by atoms with Crippen LogP contribution < -0.4 is 10.4 Å². The van der Waals surface area contributed by atoms with Gasteiger partial charge in [0.2, 0.25) is 0 Å². The molecule has 8 heteroatoms. The molecular weight excluding hydrogens is 345 g/mol. The van der Waals surface area contributed by atoms with Crippen LogP contribution in [0.3, 0.4) is 0 Å². The molecule has 0 radical (unpaired) electrons. The Labute approximate surface area is 139 Å². The number of hydrogen-bond donors (Lipinski definition) is 2. The molecule has 1 atom stereocenters. The topological polar surface area (TPSA) is 57.9 Å². The quantitative estimate of drug-likeness (QED) is 0.725. The normalized spacial score (nSPS) is 13.2. The van der Waals surface area contributed by atoms with E-state index in [-0.39, 0.29) is 16.5 Å². The molecule has 2 N–H and O–H groups in total. The summed E-state index contributed by atoms with van der Waals surface area (Å²) in [6, 6.07) is 9.42. The lowest BCUT2D eigenvalue weighted by atomic mass is 10.0. The van der Waals surface area contributed by atoms with Crippen LogP contribution in [-0.2, 0) is 0 Å². The summed E-state index contributed by atoms with van der Waals surface area (Å²) in [4.78, 5) is 16.5. The molecule has 126 valence electrons. The third-order valence-electron chi connectivity index (χ3n) is 3.54. The highest BCUT2D eigenvalue weighted by Gasteiger charge is 2.38. The molecule has 0 amide bonds. The average Bonchev–Trinajstić information content (AvgIpc) is 2.85. The van der Waals surface area contributed by atoms with Gasteiger partial charge in [-0.3, -0.25) is 0 Å². The van der Waals surface area contributed by atoms with Crippen LogP contribution in [0.15, 0.2) is 41.2 Å². The number of rotatable bonds is 3. The van der Waals surface area contributed by atoms with Crippen molar-refractivity contribution in [2.45, 2.75) is 19.2 Å². The van der Waals surface area contributed by atoms with Gasteiger partial charge >= 0.3 is 11.9 Å². The summed E-state index contributed by atoms with van der Waals surface area (Å²) in [6.45, 7) is 0.928. The van der Waals surface area contributed by atoms with E-state index >= 15 is 0 Å². The van der Waals surface area contributed by atoms with Gasteiger partial charge in [0, 0.05) is 5.56 Å². The maximum Gasteiger partial charge on any atom is 0.425 e. The van der Waals surface area contributed by atoms with Gasteiger partial charge in [-0.2, -0.15) is 13.2 Å². The summed E-state index contributed by atoms with van der Waals surface area (Å²) in [6.07, 6.45) is -6.47. The fraction of sp³-hybridized carbons (Fsp3) is 0.188. The van der Waals surface area contributed by atoms with Crippen LogP contribution in [0, 0.1) is 0 Å². The third-order valence-corrected chi connectivity index (χ3v) is 3.86. The Morgan fingerprint density at radius 3 is 2.54 bits per heavy atom. The summed E-state index contributed by atoms with van der Waals surface area (Å²) in [5.74, 6) is 0.0181. The van der Waals surface area contributed by atoms with Crippen LogP contribution in [-0.4, -0.2) is 22.2 Å². The largest absolute Gasteiger partial charge is 0.481 e. The minimum absolute atomic E-state index is 0.0181. The third kappa shape index (κ3) is 3.12. The smallest absolute Gasteiger partial charge is 0.425 e. The SMILES string of the molecule is C[C@H](Oc1cccc(Cl)c1-c1ccc2[nH]c(=O)[nH]c2c1)C(F)(F)F. The number of fused-ring (bicyclic) bond motifs is 1. The van der Waals surface area contributed by atoms with Gasteiger partial charge in [-0.25, -0.2) is 4.79 Å². The van der Waals surface area contributed by atoms with Crippen molar-refractivity contribution >= 4 is 22.6 Å². The number of halogens is 4. The molecule has 1 aromatic heterocycles. The number of nitrogens with one attached hydrogen (secondary N) is 2. The number of aromatic amines is 2. The molecule has 4 nitrogen and oxygen atoms in total. The molecule has 24 heavy (non-hydrogen) atoms. The summed E-state index contributed by atoms with van der Waals surface area (Å²) in [7, 11) is 0. The highest BCUT2D eigenvalue weighted by molar-refractivity contribution is 6.33. The van der Waals surface area contributed by atoms with Gasteiger partial charge in [0.25, 0.3) is 0 Å². The van der Waals surface area contributed by atoms with Crippen LogP contribution in [0.1, 0.15) is 6.92 Å². The molecule has 0 saturated heterocycles.